The van der Waals surface area contributed by atoms with Crippen molar-refractivity contribution in [2.24, 2.45) is 7.05 Å². The van der Waals surface area contributed by atoms with Gasteiger partial charge in [0.05, 0.1) is 0 Å². The van der Waals surface area contributed by atoms with Gasteiger partial charge in [-0.1, -0.05) is 54.2 Å². The largest absolute Gasteiger partial charge is 0.346 e. The van der Waals surface area contributed by atoms with Crippen LogP contribution in [0.2, 0.25) is 0 Å². The molecule has 3 aromatic rings. The van der Waals surface area contributed by atoms with Crippen LogP contribution in [0.4, 0.5) is 0 Å². The molecule has 3 rings (SSSR count). The molecule has 0 fully saturated rings. The van der Waals surface area contributed by atoms with E-state index in [4.69, 9.17) is 0 Å². The number of fused-ring (bicyclic) bond motifs is 1. The van der Waals surface area contributed by atoms with E-state index in [1.54, 1.807) is 0 Å². The Bertz CT molecular complexity index is 741. The Balaban J connectivity index is 2.17. The molecule has 0 saturated carbocycles. The summed E-state index contributed by atoms with van der Waals surface area (Å²) in [6.45, 7) is 3.89. The second kappa shape index (κ2) is 5.59. The molecule has 0 saturated heterocycles. The average molecular weight is 279 g/mol. The summed E-state index contributed by atoms with van der Waals surface area (Å²) >= 11 is 1.84. The smallest absolute Gasteiger partial charge is 0.0491 e. The maximum Gasteiger partial charge on any atom is 0.0491 e. The predicted molar refractivity (Wildman–Crippen MR) is 87.4 cm³/mol. The van der Waals surface area contributed by atoms with Crippen molar-refractivity contribution in [1.29, 1.82) is 0 Å². The van der Waals surface area contributed by atoms with E-state index in [1.807, 2.05) is 17.8 Å². The molecule has 0 aliphatic carbocycles. The molecule has 0 radical (unpaired) electrons. The van der Waals surface area contributed by atoms with E-state index in [0.29, 0.717) is 0 Å². The van der Waals surface area contributed by atoms with E-state index in [9.17, 15) is 0 Å². The molecule has 0 bridgehead atoms. The summed E-state index contributed by atoms with van der Waals surface area (Å²) in [6.07, 6.45) is 2.86. The second-order valence-electron chi connectivity index (χ2n) is 4.76. The van der Waals surface area contributed by atoms with E-state index in [2.05, 4.69) is 72.8 Å². The van der Waals surface area contributed by atoms with Gasteiger partial charge < -0.3 is 4.57 Å². The molecular weight excluding hydrogens is 262 g/mol. The number of allylic oxidation sites excluding steroid dienone is 1. The highest BCUT2D eigenvalue weighted by molar-refractivity contribution is 7.99. The molecule has 1 nitrogen and oxygen atoms in total. The Morgan fingerprint density at radius 2 is 1.75 bits per heavy atom. The molecule has 0 unspecified atom stereocenters. The van der Waals surface area contributed by atoms with Gasteiger partial charge in [0.15, 0.2) is 0 Å². The lowest BCUT2D eigenvalue weighted by Crippen LogP contribution is -1.95. The molecule has 2 heteroatoms. The first-order valence-electron chi connectivity index (χ1n) is 6.71. The molecule has 0 amide bonds. The summed E-state index contributed by atoms with van der Waals surface area (Å²) in [6, 6.07) is 19.1. The summed E-state index contributed by atoms with van der Waals surface area (Å²) in [7, 11) is 2.14. The highest BCUT2D eigenvalue weighted by Gasteiger charge is 2.14. The van der Waals surface area contributed by atoms with Gasteiger partial charge in [-0.2, -0.15) is 0 Å². The summed E-state index contributed by atoms with van der Waals surface area (Å²) in [5.41, 5.74) is 2.61. The van der Waals surface area contributed by atoms with Crippen LogP contribution >= 0.6 is 11.8 Å². The number of rotatable bonds is 4. The molecular formula is C18H17NS. The zero-order valence-electron chi connectivity index (χ0n) is 11.5. The van der Waals surface area contributed by atoms with Crippen molar-refractivity contribution >= 4 is 22.7 Å². The van der Waals surface area contributed by atoms with Gasteiger partial charge in [-0.15, -0.1) is 6.58 Å². The van der Waals surface area contributed by atoms with Gasteiger partial charge in [0.25, 0.3) is 0 Å². The number of hydrogen-bond acceptors (Lipinski definition) is 1. The van der Waals surface area contributed by atoms with Crippen LogP contribution in [0.15, 0.2) is 77.0 Å². The zero-order chi connectivity index (χ0) is 13.9. The predicted octanol–water partition coefficient (Wildman–Crippen LogP) is 5.06. The van der Waals surface area contributed by atoms with Crippen molar-refractivity contribution in [3.63, 3.8) is 0 Å². The van der Waals surface area contributed by atoms with Crippen LogP contribution in [0.3, 0.4) is 0 Å². The monoisotopic (exact) mass is 279 g/mol. The highest BCUT2D eigenvalue weighted by Crippen LogP contribution is 2.38. The van der Waals surface area contributed by atoms with E-state index >= 15 is 0 Å². The molecule has 0 atom stereocenters. The molecule has 1 aromatic heterocycles. The fourth-order valence-corrected chi connectivity index (χ4v) is 3.65. The van der Waals surface area contributed by atoms with Gasteiger partial charge in [0.2, 0.25) is 0 Å². The summed E-state index contributed by atoms with van der Waals surface area (Å²) in [5, 5.41) is 1.32. The molecule has 1 heterocycles. The minimum Gasteiger partial charge on any atom is -0.346 e. The van der Waals surface area contributed by atoms with Crippen LogP contribution in [0.5, 0.6) is 0 Å². The normalized spacial score (nSPS) is 10.8. The highest BCUT2D eigenvalue weighted by atomic mass is 32.2. The van der Waals surface area contributed by atoms with E-state index in [0.717, 1.165) is 6.42 Å². The fourth-order valence-electron chi connectivity index (χ4n) is 2.50. The van der Waals surface area contributed by atoms with Gasteiger partial charge in [-0.25, -0.2) is 0 Å². The third kappa shape index (κ3) is 2.27. The van der Waals surface area contributed by atoms with Crippen LogP contribution in [0, 0.1) is 0 Å². The van der Waals surface area contributed by atoms with Gasteiger partial charge in [0.1, 0.15) is 0 Å². The van der Waals surface area contributed by atoms with Crippen LogP contribution in [0.25, 0.3) is 10.9 Å². The third-order valence-electron chi connectivity index (χ3n) is 3.48. The quantitative estimate of drug-likeness (QED) is 0.604. The minimum absolute atomic E-state index is 0.889. The lowest BCUT2D eigenvalue weighted by Gasteiger charge is -2.05. The molecule has 100 valence electrons. The van der Waals surface area contributed by atoms with Crippen LogP contribution in [-0.4, -0.2) is 4.57 Å². The molecule has 0 N–H and O–H groups in total. The number of hydrogen-bond donors (Lipinski definition) is 0. The lowest BCUT2D eigenvalue weighted by molar-refractivity contribution is 0.870. The summed E-state index contributed by atoms with van der Waals surface area (Å²) in [4.78, 5) is 2.61. The number of aryl methyl sites for hydroxylation is 1. The Kier molecular flexibility index (Phi) is 3.66. The Morgan fingerprint density at radius 3 is 2.50 bits per heavy atom. The number of benzene rings is 2. The van der Waals surface area contributed by atoms with Gasteiger partial charge in [-0.3, -0.25) is 0 Å². The number of nitrogens with zero attached hydrogens (tertiary/aromatic N) is 1. The molecule has 20 heavy (non-hydrogen) atoms. The summed E-state index contributed by atoms with van der Waals surface area (Å²) < 4.78 is 2.28. The van der Waals surface area contributed by atoms with Crippen LogP contribution in [0.1, 0.15) is 5.69 Å². The molecule has 0 aliphatic heterocycles. The summed E-state index contributed by atoms with van der Waals surface area (Å²) in [5.74, 6) is 0. The minimum atomic E-state index is 0.889. The van der Waals surface area contributed by atoms with E-state index in [1.165, 1.54) is 26.4 Å². The van der Waals surface area contributed by atoms with Crippen molar-refractivity contribution in [3.05, 3.63) is 72.9 Å². The molecule has 2 aromatic carbocycles. The first kappa shape index (κ1) is 13.1. The Labute approximate surface area is 123 Å². The van der Waals surface area contributed by atoms with E-state index in [-0.39, 0.29) is 0 Å². The van der Waals surface area contributed by atoms with Crippen molar-refractivity contribution < 1.29 is 0 Å². The van der Waals surface area contributed by atoms with Gasteiger partial charge in [-0.05, 0) is 18.2 Å². The third-order valence-corrected chi connectivity index (χ3v) is 4.65. The molecule has 0 spiro atoms. The maximum absolute atomic E-state index is 3.89. The van der Waals surface area contributed by atoms with Gasteiger partial charge >= 0.3 is 0 Å². The average Bonchev–Trinajstić information content (AvgIpc) is 2.75. The fraction of sp³-hybridized carbons (Fsp3) is 0.111. The number of aromatic nitrogens is 1. The topological polar surface area (TPSA) is 4.93 Å². The first-order chi connectivity index (χ1) is 9.81. The molecule has 0 aliphatic rings. The van der Waals surface area contributed by atoms with Crippen LogP contribution < -0.4 is 0 Å². The zero-order valence-corrected chi connectivity index (χ0v) is 12.4. The SMILES string of the molecule is C=CCc1c(Sc2ccccc2)c2ccccc2n1C. The van der Waals surface area contributed by atoms with Crippen molar-refractivity contribution in [2.75, 3.05) is 0 Å². The van der Waals surface area contributed by atoms with E-state index < -0.39 is 0 Å². The van der Waals surface area contributed by atoms with Crippen molar-refractivity contribution in [2.45, 2.75) is 16.2 Å². The first-order valence-corrected chi connectivity index (χ1v) is 7.53. The Hall–Kier alpha value is -1.93. The van der Waals surface area contributed by atoms with Crippen LogP contribution in [-0.2, 0) is 13.5 Å². The van der Waals surface area contributed by atoms with Crippen molar-refractivity contribution in [1.82, 2.24) is 4.57 Å². The number of para-hydroxylation sites is 1. The van der Waals surface area contributed by atoms with Gasteiger partial charge in [0, 0.05) is 39.9 Å². The maximum atomic E-state index is 3.89. The Morgan fingerprint density at radius 1 is 1.05 bits per heavy atom. The standard InChI is InChI=1S/C18H17NS/c1-3-9-17-18(20-14-10-5-4-6-11-14)15-12-7-8-13-16(15)19(17)2/h3-8,10-13H,1,9H2,2H3. The van der Waals surface area contributed by atoms with Crippen molar-refractivity contribution in [3.8, 4) is 0 Å². The lowest BCUT2D eigenvalue weighted by atomic mass is 10.2. The second-order valence-corrected chi connectivity index (χ2v) is 5.84.